The molecule has 0 bridgehead atoms. The van der Waals surface area contributed by atoms with E-state index in [1.807, 2.05) is 60.3 Å². The molecule has 14 nitrogen and oxygen atoms in total. The first-order valence-corrected chi connectivity index (χ1v) is 25.2. The minimum atomic E-state index is -0.114. The van der Waals surface area contributed by atoms with E-state index in [1.54, 1.807) is 6.92 Å². The molecule has 6 fully saturated rings. The number of carbonyl (C=O) groups is 4. The van der Waals surface area contributed by atoms with Crippen molar-refractivity contribution in [3.05, 3.63) is 0 Å². The van der Waals surface area contributed by atoms with E-state index in [2.05, 4.69) is 64.2 Å². The highest BCUT2D eigenvalue weighted by atomic mass is 79.9. The number of alkyl halides is 2. The topological polar surface area (TPSA) is 198 Å². The van der Waals surface area contributed by atoms with Gasteiger partial charge in [-0.05, 0) is 97.7 Å². The van der Waals surface area contributed by atoms with Crippen molar-refractivity contribution in [1.29, 1.82) is 0 Å². The number of rotatable bonds is 10. The molecule has 0 aromatic rings. The SMILES string of the molecule is CC.CC.CC.CC(=O)[C@H](Br)CC[C@H](Br)C(C)=O.CC(=O)[C@H]1CC[C@H]2C(=O)NCCN12.CC(C)(CN)CN.CN1CCN2[C@@H](CO)CC[C@H]2C1.OC[C@H]1CC[C@H]2CNCCN12. The number of carbonyl (C=O) groups excluding carboxylic acids is 4. The van der Waals surface area contributed by atoms with Gasteiger partial charge in [0.05, 0.1) is 35.0 Å². The smallest absolute Gasteiger partial charge is 0.237 e. The number of nitrogens with one attached hydrogen (secondary N) is 2. The Kier molecular flexibility index (Phi) is 36.0. The Bertz CT molecular complexity index is 1150. The number of halogens is 2. The molecule has 8 atom stereocenters. The summed E-state index contributed by atoms with van der Waals surface area (Å²) in [6.45, 7) is 31.1. The monoisotopic (exact) mass is 999 g/mol. The second kappa shape index (κ2) is 35.4. The number of piperazine rings is 3. The van der Waals surface area contributed by atoms with Crippen LogP contribution in [-0.2, 0) is 19.2 Å². The predicted octanol–water partition coefficient (Wildman–Crippen LogP) is 4.19. The molecule has 0 saturated carbocycles. The van der Waals surface area contributed by atoms with Crippen molar-refractivity contribution in [1.82, 2.24) is 30.2 Å². The number of Topliss-reactive ketones (excluding diaryl/α,β-unsaturated/α-hetero) is 3. The largest absolute Gasteiger partial charge is 0.395 e. The molecular formula is C45H92Br2N8O6. The third-order valence-corrected chi connectivity index (χ3v) is 14.0. The van der Waals surface area contributed by atoms with Crippen LogP contribution in [-0.4, -0.2) is 185 Å². The third kappa shape index (κ3) is 23.2. The lowest BCUT2D eigenvalue weighted by Gasteiger charge is -2.37. The van der Waals surface area contributed by atoms with E-state index in [1.165, 1.54) is 46.1 Å². The number of hydrogen-bond acceptors (Lipinski definition) is 13. The molecule has 6 rings (SSSR count). The van der Waals surface area contributed by atoms with E-state index < -0.39 is 0 Å². The molecule has 0 aromatic carbocycles. The molecule has 0 aromatic heterocycles. The summed E-state index contributed by atoms with van der Waals surface area (Å²) in [7, 11) is 2.18. The summed E-state index contributed by atoms with van der Waals surface area (Å²) in [5.74, 6) is 0.503. The molecule has 0 unspecified atom stereocenters. The van der Waals surface area contributed by atoms with Crippen LogP contribution in [0.2, 0.25) is 0 Å². The third-order valence-electron chi connectivity index (χ3n) is 11.8. The highest BCUT2D eigenvalue weighted by Gasteiger charge is 2.41. The summed E-state index contributed by atoms with van der Waals surface area (Å²) < 4.78 is 0. The number of fused-ring (bicyclic) bond motifs is 3. The maximum absolute atomic E-state index is 11.4. The van der Waals surface area contributed by atoms with E-state index in [-0.39, 0.29) is 50.4 Å². The number of amides is 1. The number of nitrogens with zero attached hydrogens (tertiary/aromatic N) is 4. The van der Waals surface area contributed by atoms with Crippen LogP contribution in [0.4, 0.5) is 0 Å². The van der Waals surface area contributed by atoms with Crippen molar-refractivity contribution in [2.75, 3.05) is 85.7 Å². The molecule has 0 aliphatic carbocycles. The molecule has 61 heavy (non-hydrogen) atoms. The van der Waals surface area contributed by atoms with Gasteiger partial charge in [-0.25, -0.2) is 0 Å². The van der Waals surface area contributed by atoms with Crippen molar-refractivity contribution < 1.29 is 29.4 Å². The first-order chi connectivity index (χ1) is 29.0. The summed E-state index contributed by atoms with van der Waals surface area (Å²) >= 11 is 6.48. The van der Waals surface area contributed by atoms with Gasteiger partial charge >= 0.3 is 0 Å². The van der Waals surface area contributed by atoms with Gasteiger partial charge in [-0.2, -0.15) is 0 Å². The second-order valence-electron chi connectivity index (χ2n) is 16.6. The maximum atomic E-state index is 11.4. The highest BCUT2D eigenvalue weighted by molar-refractivity contribution is 9.10. The quantitative estimate of drug-likeness (QED) is 0.171. The normalized spacial score (nSPS) is 26.6. The van der Waals surface area contributed by atoms with Gasteiger partial charge in [0.1, 0.15) is 17.3 Å². The molecule has 0 spiro atoms. The first kappa shape index (κ1) is 62.2. The van der Waals surface area contributed by atoms with E-state index >= 15 is 0 Å². The van der Waals surface area contributed by atoms with Crippen LogP contribution in [0.25, 0.3) is 0 Å². The summed E-state index contributed by atoms with van der Waals surface area (Å²) in [5, 5.41) is 24.4. The highest BCUT2D eigenvalue weighted by Crippen LogP contribution is 2.27. The van der Waals surface area contributed by atoms with Crippen LogP contribution in [0.5, 0.6) is 0 Å². The predicted molar refractivity (Wildman–Crippen MR) is 261 cm³/mol. The zero-order valence-corrected chi connectivity index (χ0v) is 43.7. The van der Waals surface area contributed by atoms with Crippen molar-refractivity contribution >= 4 is 55.1 Å². The van der Waals surface area contributed by atoms with Crippen LogP contribution in [0.3, 0.4) is 0 Å². The summed E-state index contributed by atoms with van der Waals surface area (Å²) in [5.41, 5.74) is 10.8. The van der Waals surface area contributed by atoms with Crippen LogP contribution < -0.4 is 22.1 Å². The first-order valence-electron chi connectivity index (χ1n) is 23.4. The number of likely N-dealkylation sites (N-methyl/N-ethyl adjacent to an activating group) is 1. The zero-order chi connectivity index (χ0) is 47.3. The molecular weight excluding hydrogens is 908 g/mol. The van der Waals surface area contributed by atoms with E-state index in [9.17, 15) is 19.2 Å². The number of aliphatic hydroxyl groups is 2. The Morgan fingerprint density at radius 1 is 0.721 bits per heavy atom. The molecule has 16 heteroatoms. The fourth-order valence-electron chi connectivity index (χ4n) is 7.88. The molecule has 6 saturated heterocycles. The van der Waals surface area contributed by atoms with Gasteiger partial charge in [-0.1, -0.05) is 87.2 Å². The average Bonchev–Trinajstić information content (AvgIpc) is 4.03. The van der Waals surface area contributed by atoms with Gasteiger partial charge in [0.15, 0.2) is 0 Å². The fraction of sp³-hybridized carbons (Fsp3) is 0.911. The Morgan fingerprint density at radius 2 is 1.20 bits per heavy atom. The lowest BCUT2D eigenvalue weighted by Crippen LogP contribution is -2.55. The van der Waals surface area contributed by atoms with Crippen LogP contribution in [0, 0.1) is 5.41 Å². The molecule has 6 heterocycles. The van der Waals surface area contributed by atoms with Crippen LogP contribution in [0.1, 0.15) is 128 Å². The Morgan fingerprint density at radius 3 is 1.64 bits per heavy atom. The van der Waals surface area contributed by atoms with Gasteiger partial charge in [0.2, 0.25) is 5.91 Å². The molecule has 1 amide bonds. The minimum Gasteiger partial charge on any atom is -0.395 e. The zero-order valence-electron chi connectivity index (χ0n) is 40.5. The number of nitrogens with two attached hydrogens (primary N) is 2. The Labute approximate surface area is 389 Å². The molecule has 362 valence electrons. The Hall–Kier alpha value is -0.920. The van der Waals surface area contributed by atoms with Gasteiger partial charge in [0.25, 0.3) is 0 Å². The lowest BCUT2D eigenvalue weighted by molar-refractivity contribution is -0.130. The molecule has 6 aliphatic rings. The molecule has 0 radical (unpaired) electrons. The van der Waals surface area contributed by atoms with Crippen molar-refractivity contribution in [2.45, 2.75) is 173 Å². The standard InChI is InChI=1S/C9H14N2O2.C9H18N2O.C8H12Br2O2.C8H16N2O.C5H14N2.3C2H6/c1-6(12)7-2-3-8-9(13)10-4-5-11(7)8;1-10-4-5-11-8(6-10)2-3-9(11)7-12;1-5(11)7(9)3-4-8(10)6(2)12;11-6-8-2-1-7-5-9-3-4-10(7)8;1-5(2,3-6)4-7;3*1-2/h7-8H,2-5H2,1H3,(H,10,13);8-9,12H,2-7H2,1H3;7-8H,3-4H2,1-2H3;7-9,11H,1-6H2;3-4,6-7H2,1-2H3;3*1-2H3/t7-,8+;8-,9+;2*7-,8+;;;;/m10.0..../s1. The number of hydrogen-bond donors (Lipinski definition) is 6. The van der Waals surface area contributed by atoms with E-state index in [0.29, 0.717) is 63.8 Å². The summed E-state index contributed by atoms with van der Waals surface area (Å²) in [6, 6.07) is 2.31. The lowest BCUT2D eigenvalue weighted by atomic mass is 9.95. The minimum absolute atomic E-state index is 0.00366. The fourth-order valence-corrected chi connectivity index (χ4v) is 8.41. The number of aliphatic hydroxyl groups excluding tert-OH is 2. The van der Waals surface area contributed by atoms with Crippen molar-refractivity contribution in [3.63, 3.8) is 0 Å². The van der Waals surface area contributed by atoms with Gasteiger partial charge < -0.3 is 37.2 Å². The number of ketones is 3. The van der Waals surface area contributed by atoms with Gasteiger partial charge in [-0.15, -0.1) is 0 Å². The van der Waals surface area contributed by atoms with Crippen LogP contribution >= 0.6 is 31.9 Å². The molecule has 6 aliphatic heterocycles. The Balaban J connectivity index is 0. The van der Waals surface area contributed by atoms with Crippen molar-refractivity contribution in [2.24, 2.45) is 16.9 Å². The average molecular weight is 1000 g/mol. The van der Waals surface area contributed by atoms with Gasteiger partial charge in [-0.3, -0.25) is 33.9 Å². The van der Waals surface area contributed by atoms with E-state index in [0.717, 1.165) is 58.2 Å². The maximum Gasteiger partial charge on any atom is 0.237 e. The van der Waals surface area contributed by atoms with Gasteiger partial charge in [0, 0.05) is 76.5 Å². The second-order valence-corrected chi connectivity index (χ2v) is 18.8. The molecule has 8 N–H and O–H groups in total. The van der Waals surface area contributed by atoms with Crippen LogP contribution in [0.15, 0.2) is 0 Å². The summed E-state index contributed by atoms with van der Waals surface area (Å²) in [6.07, 6.45) is 7.98. The summed E-state index contributed by atoms with van der Waals surface area (Å²) in [4.78, 5) is 53.3. The van der Waals surface area contributed by atoms with E-state index in [4.69, 9.17) is 21.7 Å². The van der Waals surface area contributed by atoms with Crippen molar-refractivity contribution in [3.8, 4) is 0 Å².